The molecule has 1 fully saturated rings. The van der Waals surface area contributed by atoms with E-state index in [-0.39, 0.29) is 23.0 Å². The summed E-state index contributed by atoms with van der Waals surface area (Å²) in [5, 5.41) is 3.12. The average molecular weight is 421 g/mol. The molecule has 0 unspecified atom stereocenters. The fourth-order valence-corrected chi connectivity index (χ4v) is 4.59. The van der Waals surface area contributed by atoms with Crippen molar-refractivity contribution in [1.29, 1.82) is 0 Å². The van der Waals surface area contributed by atoms with E-state index in [9.17, 15) is 14.0 Å². The van der Waals surface area contributed by atoms with Crippen molar-refractivity contribution < 1.29 is 14.0 Å². The average Bonchev–Trinajstić information content (AvgIpc) is 3.06. The van der Waals surface area contributed by atoms with Gasteiger partial charge in [-0.25, -0.2) is 4.39 Å². The smallest absolute Gasteiger partial charge is 0.255 e. The van der Waals surface area contributed by atoms with E-state index < -0.39 is 11.6 Å². The van der Waals surface area contributed by atoms with Crippen LogP contribution in [-0.2, 0) is 4.79 Å². The highest BCUT2D eigenvalue weighted by atomic mass is 35.5. The van der Waals surface area contributed by atoms with E-state index in [4.69, 9.17) is 11.6 Å². The van der Waals surface area contributed by atoms with Gasteiger partial charge < -0.3 is 10.2 Å². The molecule has 2 aromatic rings. The highest BCUT2D eigenvalue weighted by Crippen LogP contribution is 2.42. The summed E-state index contributed by atoms with van der Waals surface area (Å²) in [6.45, 7) is 5.70. The van der Waals surface area contributed by atoms with E-state index in [0.717, 1.165) is 5.56 Å². The summed E-state index contributed by atoms with van der Waals surface area (Å²) >= 11 is 7.43. The summed E-state index contributed by atoms with van der Waals surface area (Å²) in [4.78, 5) is 27.8. The highest BCUT2D eigenvalue weighted by molar-refractivity contribution is 7.99. The lowest BCUT2D eigenvalue weighted by Gasteiger charge is -2.31. The molecule has 1 saturated heterocycles. The molecule has 148 valence electrons. The molecule has 2 amide bonds. The van der Waals surface area contributed by atoms with Gasteiger partial charge >= 0.3 is 0 Å². The molecule has 28 heavy (non-hydrogen) atoms. The molecule has 2 aromatic carbocycles. The minimum absolute atomic E-state index is 0.202. The van der Waals surface area contributed by atoms with Crippen LogP contribution in [0.5, 0.6) is 0 Å². The summed E-state index contributed by atoms with van der Waals surface area (Å²) in [5.74, 6) is -0.343. The Bertz CT molecular complexity index is 865. The van der Waals surface area contributed by atoms with E-state index in [1.165, 1.54) is 23.9 Å². The molecular formula is C21H22ClFN2O2S. The van der Waals surface area contributed by atoms with E-state index in [2.05, 4.69) is 5.32 Å². The number of rotatable bonds is 3. The summed E-state index contributed by atoms with van der Waals surface area (Å²) in [7, 11) is 0. The van der Waals surface area contributed by atoms with Crippen LogP contribution in [0.25, 0.3) is 0 Å². The maximum absolute atomic E-state index is 13.4. The molecule has 1 aliphatic rings. The standard InChI is InChI=1S/C21H22ClFN2O2S/c1-21(2,3)24-18(26)17-12-28-20(14-6-10-16(23)11-7-14)25(17)19(27)13-4-8-15(22)9-5-13/h4-11,17,20H,12H2,1-3H3,(H,24,26)/t17-,20+/m1/s1. The zero-order valence-corrected chi connectivity index (χ0v) is 17.5. The maximum atomic E-state index is 13.4. The molecule has 2 atom stereocenters. The Morgan fingerprint density at radius 2 is 1.71 bits per heavy atom. The van der Waals surface area contributed by atoms with Gasteiger partial charge in [0.2, 0.25) is 5.91 Å². The minimum Gasteiger partial charge on any atom is -0.350 e. The van der Waals surface area contributed by atoms with Gasteiger partial charge in [-0.2, -0.15) is 0 Å². The van der Waals surface area contributed by atoms with Gasteiger partial charge in [0, 0.05) is 21.9 Å². The second-order valence-electron chi connectivity index (χ2n) is 7.71. The van der Waals surface area contributed by atoms with Crippen molar-refractivity contribution in [2.75, 3.05) is 5.75 Å². The molecule has 7 heteroatoms. The zero-order chi connectivity index (χ0) is 20.5. The van der Waals surface area contributed by atoms with Crippen LogP contribution < -0.4 is 5.32 Å². The second kappa shape index (κ2) is 8.13. The Labute approximate surface area is 173 Å². The van der Waals surface area contributed by atoms with Gasteiger partial charge in [0.25, 0.3) is 5.91 Å². The van der Waals surface area contributed by atoms with E-state index in [1.807, 2.05) is 20.8 Å². The first kappa shape index (κ1) is 20.7. The van der Waals surface area contributed by atoms with Crippen LogP contribution in [0.2, 0.25) is 5.02 Å². The van der Waals surface area contributed by atoms with E-state index >= 15 is 0 Å². The third-order valence-electron chi connectivity index (χ3n) is 4.28. The topological polar surface area (TPSA) is 49.4 Å². The first-order valence-electron chi connectivity index (χ1n) is 8.93. The van der Waals surface area contributed by atoms with Crippen LogP contribution in [0.1, 0.15) is 42.1 Å². The Kier molecular flexibility index (Phi) is 6.01. The van der Waals surface area contributed by atoms with Gasteiger partial charge in [0.05, 0.1) is 0 Å². The van der Waals surface area contributed by atoms with Crippen LogP contribution in [0, 0.1) is 5.82 Å². The zero-order valence-electron chi connectivity index (χ0n) is 15.9. The fraction of sp³-hybridized carbons (Fsp3) is 0.333. The van der Waals surface area contributed by atoms with Crippen molar-refractivity contribution in [3.63, 3.8) is 0 Å². The number of hydrogen-bond donors (Lipinski definition) is 1. The molecule has 0 saturated carbocycles. The third-order valence-corrected chi connectivity index (χ3v) is 5.86. The number of benzene rings is 2. The number of nitrogens with zero attached hydrogens (tertiary/aromatic N) is 1. The molecule has 1 heterocycles. The second-order valence-corrected chi connectivity index (χ2v) is 9.26. The molecule has 0 bridgehead atoms. The predicted molar refractivity (Wildman–Crippen MR) is 111 cm³/mol. The molecular weight excluding hydrogens is 399 g/mol. The Hall–Kier alpha value is -2.05. The largest absolute Gasteiger partial charge is 0.350 e. The molecule has 0 radical (unpaired) electrons. The van der Waals surface area contributed by atoms with Crippen molar-refractivity contribution >= 4 is 35.2 Å². The fourth-order valence-electron chi connectivity index (χ4n) is 3.04. The quantitative estimate of drug-likeness (QED) is 0.786. The molecule has 0 spiro atoms. The normalized spacial score (nSPS) is 19.5. The maximum Gasteiger partial charge on any atom is 0.255 e. The van der Waals surface area contributed by atoms with E-state index in [1.54, 1.807) is 41.3 Å². The Morgan fingerprint density at radius 3 is 2.29 bits per heavy atom. The molecule has 3 rings (SSSR count). The number of halogens is 2. The van der Waals surface area contributed by atoms with Crippen molar-refractivity contribution in [2.24, 2.45) is 0 Å². The molecule has 4 nitrogen and oxygen atoms in total. The number of carbonyl (C=O) groups excluding carboxylic acids is 2. The van der Waals surface area contributed by atoms with Crippen LogP contribution in [0.4, 0.5) is 4.39 Å². The number of hydrogen-bond acceptors (Lipinski definition) is 3. The predicted octanol–water partition coefficient (Wildman–Crippen LogP) is 4.65. The third kappa shape index (κ3) is 4.67. The summed E-state index contributed by atoms with van der Waals surface area (Å²) in [6, 6.07) is 12.0. The lowest BCUT2D eigenvalue weighted by Crippen LogP contribution is -2.52. The molecule has 1 N–H and O–H groups in total. The molecule has 1 aliphatic heterocycles. The van der Waals surface area contributed by atoms with Gasteiger partial charge in [-0.1, -0.05) is 23.7 Å². The van der Waals surface area contributed by atoms with Crippen LogP contribution in [0.3, 0.4) is 0 Å². The lowest BCUT2D eigenvalue weighted by molar-refractivity contribution is -0.126. The first-order valence-corrected chi connectivity index (χ1v) is 10.4. The van der Waals surface area contributed by atoms with Gasteiger partial charge in [0.1, 0.15) is 17.2 Å². The monoisotopic (exact) mass is 420 g/mol. The van der Waals surface area contributed by atoms with Crippen LogP contribution in [0.15, 0.2) is 48.5 Å². The highest BCUT2D eigenvalue weighted by Gasteiger charge is 2.43. The Balaban J connectivity index is 1.96. The number of nitrogens with one attached hydrogen (secondary N) is 1. The first-order chi connectivity index (χ1) is 13.2. The van der Waals surface area contributed by atoms with Crippen molar-refractivity contribution in [3.05, 3.63) is 70.5 Å². The Morgan fingerprint density at radius 1 is 1.11 bits per heavy atom. The van der Waals surface area contributed by atoms with Crippen LogP contribution >= 0.6 is 23.4 Å². The number of carbonyl (C=O) groups is 2. The summed E-state index contributed by atoms with van der Waals surface area (Å²) < 4.78 is 13.4. The van der Waals surface area contributed by atoms with Gasteiger partial charge in [-0.05, 0) is 62.7 Å². The van der Waals surface area contributed by atoms with E-state index in [0.29, 0.717) is 16.3 Å². The number of amides is 2. The van der Waals surface area contributed by atoms with Gasteiger partial charge in [-0.3, -0.25) is 9.59 Å². The van der Waals surface area contributed by atoms with Crippen molar-refractivity contribution in [3.8, 4) is 0 Å². The van der Waals surface area contributed by atoms with Crippen molar-refractivity contribution in [2.45, 2.75) is 37.7 Å². The van der Waals surface area contributed by atoms with Crippen molar-refractivity contribution in [1.82, 2.24) is 10.2 Å². The minimum atomic E-state index is -0.623. The van der Waals surface area contributed by atoms with Gasteiger partial charge in [0.15, 0.2) is 0 Å². The molecule has 0 aromatic heterocycles. The van der Waals surface area contributed by atoms with Gasteiger partial charge in [-0.15, -0.1) is 11.8 Å². The summed E-state index contributed by atoms with van der Waals surface area (Å²) in [6.07, 6.45) is 0. The van der Waals surface area contributed by atoms with Crippen LogP contribution in [-0.4, -0.2) is 34.0 Å². The summed E-state index contributed by atoms with van der Waals surface area (Å²) in [5.41, 5.74) is 0.817. The molecule has 0 aliphatic carbocycles. The number of thioether (sulfide) groups is 1. The lowest BCUT2D eigenvalue weighted by atomic mass is 10.1. The SMILES string of the molecule is CC(C)(C)NC(=O)[C@H]1CS[C@@H](c2ccc(F)cc2)N1C(=O)c1ccc(Cl)cc1.